The maximum absolute atomic E-state index is 12.8. The summed E-state index contributed by atoms with van der Waals surface area (Å²) >= 11 is 0. The molecule has 0 bridgehead atoms. The number of hydrogen-bond donors (Lipinski definition) is 10. The van der Waals surface area contributed by atoms with Crippen molar-refractivity contribution < 1.29 is 25.9 Å². The molecule has 324 valence electrons. The Kier molecular flexibility index (Phi) is 12.4. The molecule has 2 aliphatic rings. The highest BCUT2D eigenvalue weighted by Gasteiger charge is 2.21. The Morgan fingerprint density at radius 3 is 1.12 bits per heavy atom. The van der Waals surface area contributed by atoms with Gasteiger partial charge in [0.05, 0.1) is 11.4 Å². The van der Waals surface area contributed by atoms with E-state index in [4.69, 9.17) is 0 Å². The monoisotopic (exact) mass is 896 g/mol. The third kappa shape index (κ3) is 11.3. The number of hydrazine groups is 4. The summed E-state index contributed by atoms with van der Waals surface area (Å²) in [5.41, 5.74) is 16.0. The van der Waals surface area contributed by atoms with Crippen molar-refractivity contribution in [2.24, 2.45) is 10.2 Å². The Morgan fingerprint density at radius 1 is 0.438 bits per heavy atom. The van der Waals surface area contributed by atoms with Crippen LogP contribution in [0.25, 0.3) is 12.2 Å². The zero-order valence-corrected chi connectivity index (χ0v) is 35.1. The first kappa shape index (κ1) is 42.4. The maximum atomic E-state index is 12.8. The molecule has 20 heteroatoms. The van der Waals surface area contributed by atoms with Crippen LogP contribution < -0.4 is 43.0 Å². The molecular weight excluding hydrogens is 857 g/mol. The van der Waals surface area contributed by atoms with E-state index in [0.29, 0.717) is 23.3 Å². The van der Waals surface area contributed by atoms with Gasteiger partial charge in [-0.05, 0) is 83.9 Å². The van der Waals surface area contributed by atoms with Crippen LogP contribution in [0.4, 0.5) is 34.1 Å². The lowest BCUT2D eigenvalue weighted by atomic mass is 10.1. The van der Waals surface area contributed by atoms with Gasteiger partial charge in [0.25, 0.3) is 20.2 Å². The van der Waals surface area contributed by atoms with E-state index in [1.165, 1.54) is 46.9 Å². The molecule has 0 amide bonds. The van der Waals surface area contributed by atoms with Crippen LogP contribution in [0.2, 0.25) is 0 Å². The first-order chi connectivity index (χ1) is 30.9. The number of amidine groups is 2. The number of nitrogens with one attached hydrogen (secondary N) is 8. The van der Waals surface area contributed by atoms with Crippen LogP contribution in [0.1, 0.15) is 11.1 Å². The Balaban J connectivity index is 1.03. The standard InChI is InChI=1S/C44H40N12O6S2/c57-63(58,59)39-27-37(47-43-29-41(45-33-13-5-1-6-14-33)51-55(53-43)49-35-17-9-3-10-18-35)25-23-31(39)21-22-32-24-26-38(28-40(32)64(60,61)62)48-44-30-42(46-34-15-7-2-8-16-34)52-56(54-44)50-36-19-11-4-12-20-36/h1-30,47-50,53-54H,(H,45,51)(H,46,52)(H,57,58,59)(H,60,61,62). The molecule has 8 rings (SSSR count). The molecule has 0 fully saturated rings. The Labute approximate surface area is 368 Å². The minimum Gasteiger partial charge on any atom is -0.340 e. The first-order valence-corrected chi connectivity index (χ1v) is 22.2. The highest BCUT2D eigenvalue weighted by atomic mass is 32.2. The van der Waals surface area contributed by atoms with Crippen LogP contribution in [-0.4, -0.2) is 48.1 Å². The van der Waals surface area contributed by atoms with E-state index in [0.717, 1.165) is 22.7 Å². The van der Waals surface area contributed by atoms with E-state index in [9.17, 15) is 25.9 Å². The summed E-state index contributed by atoms with van der Waals surface area (Å²) in [6.45, 7) is 0. The highest BCUT2D eigenvalue weighted by Crippen LogP contribution is 2.28. The molecule has 0 unspecified atom stereocenters. The van der Waals surface area contributed by atoms with Gasteiger partial charge in [-0.25, -0.2) is 10.9 Å². The fourth-order valence-electron chi connectivity index (χ4n) is 6.29. The number of nitrogens with zero attached hydrogens (tertiary/aromatic N) is 4. The summed E-state index contributed by atoms with van der Waals surface area (Å²) in [5, 5.41) is 24.6. The van der Waals surface area contributed by atoms with Crippen molar-refractivity contribution in [1.82, 2.24) is 21.3 Å². The van der Waals surface area contributed by atoms with Crippen LogP contribution in [-0.2, 0) is 20.2 Å². The molecular formula is C44H40N12O6S2. The van der Waals surface area contributed by atoms with E-state index in [-0.39, 0.29) is 22.5 Å². The van der Waals surface area contributed by atoms with E-state index in [1.54, 1.807) is 24.3 Å². The first-order valence-electron chi connectivity index (χ1n) is 19.4. The summed E-state index contributed by atoms with van der Waals surface area (Å²) in [6.07, 6.45) is 5.97. The SMILES string of the molecule is O=S(=O)(O)c1cc(NC2=CC(Nc3ccccc3)=NN(Nc3ccccc3)N2)ccc1C=Cc1ccc(NC2=CC(Nc3ccccc3)=NN(Nc3ccccc3)N2)cc1S(=O)(=O)O. The molecule has 6 aromatic rings. The molecule has 64 heavy (non-hydrogen) atoms. The average Bonchev–Trinajstić information content (AvgIpc) is 3.27. The summed E-state index contributed by atoms with van der Waals surface area (Å²) < 4.78 is 71.8. The third-order valence-electron chi connectivity index (χ3n) is 9.12. The van der Waals surface area contributed by atoms with Crippen molar-refractivity contribution in [1.29, 1.82) is 0 Å². The lowest BCUT2D eigenvalue weighted by Crippen LogP contribution is -2.44. The fourth-order valence-corrected chi connectivity index (χ4v) is 7.71. The van der Waals surface area contributed by atoms with Crippen LogP contribution in [0, 0.1) is 0 Å². The summed E-state index contributed by atoms with van der Waals surface area (Å²) in [5.74, 6) is 1.61. The second-order valence-corrected chi connectivity index (χ2v) is 16.7. The van der Waals surface area contributed by atoms with Crippen LogP contribution in [0.5, 0.6) is 0 Å². The molecule has 0 aliphatic carbocycles. The zero-order valence-electron chi connectivity index (χ0n) is 33.5. The maximum Gasteiger partial charge on any atom is 0.295 e. The molecule has 0 spiro atoms. The van der Waals surface area contributed by atoms with E-state index < -0.39 is 30.0 Å². The van der Waals surface area contributed by atoms with Crippen molar-refractivity contribution in [3.05, 3.63) is 193 Å². The van der Waals surface area contributed by atoms with Gasteiger partial charge in [0.1, 0.15) is 21.4 Å². The molecule has 10 N–H and O–H groups in total. The normalized spacial score (nSPS) is 13.9. The van der Waals surface area contributed by atoms with Gasteiger partial charge in [-0.15, -0.1) is 20.7 Å². The largest absolute Gasteiger partial charge is 0.340 e. The quantitative estimate of drug-likeness (QED) is 0.0379. The van der Waals surface area contributed by atoms with Crippen molar-refractivity contribution in [3.8, 4) is 0 Å². The number of para-hydroxylation sites is 4. The molecule has 18 nitrogen and oxygen atoms in total. The van der Waals surface area contributed by atoms with Crippen molar-refractivity contribution in [3.63, 3.8) is 0 Å². The highest BCUT2D eigenvalue weighted by molar-refractivity contribution is 7.86. The summed E-state index contributed by atoms with van der Waals surface area (Å²) in [6, 6.07) is 45.8. The van der Waals surface area contributed by atoms with Gasteiger partial charge in [0.2, 0.25) is 0 Å². The van der Waals surface area contributed by atoms with Gasteiger partial charge in [-0.2, -0.15) is 16.8 Å². The molecule has 0 radical (unpaired) electrons. The van der Waals surface area contributed by atoms with Crippen molar-refractivity contribution in [2.75, 3.05) is 32.1 Å². The molecule has 2 aliphatic heterocycles. The van der Waals surface area contributed by atoms with E-state index in [1.807, 2.05) is 121 Å². The van der Waals surface area contributed by atoms with Gasteiger partial charge in [0.15, 0.2) is 11.7 Å². The molecule has 0 saturated heterocycles. The van der Waals surface area contributed by atoms with Gasteiger partial charge >= 0.3 is 0 Å². The second kappa shape index (κ2) is 18.8. The second-order valence-electron chi connectivity index (χ2n) is 13.9. The third-order valence-corrected chi connectivity index (χ3v) is 10.9. The van der Waals surface area contributed by atoms with Gasteiger partial charge < -0.3 is 21.3 Å². The van der Waals surface area contributed by atoms with Crippen LogP contribution in [0.15, 0.2) is 202 Å². The number of hydrazone groups is 2. The molecule has 0 atom stereocenters. The van der Waals surface area contributed by atoms with Crippen LogP contribution >= 0.6 is 0 Å². The van der Waals surface area contributed by atoms with Gasteiger partial charge in [0, 0.05) is 34.9 Å². The number of rotatable bonds is 14. The number of hydrogen-bond acceptors (Lipinski definition) is 16. The molecule has 0 aromatic heterocycles. The number of anilines is 6. The summed E-state index contributed by atoms with van der Waals surface area (Å²) in [4.78, 5) is -0.948. The van der Waals surface area contributed by atoms with Crippen LogP contribution in [0.3, 0.4) is 0 Å². The minimum atomic E-state index is -4.82. The fraction of sp³-hybridized carbons (Fsp3) is 0. The van der Waals surface area contributed by atoms with E-state index in [2.05, 4.69) is 53.2 Å². The van der Waals surface area contributed by atoms with Gasteiger partial charge in [-0.3, -0.25) is 20.0 Å². The lowest BCUT2D eigenvalue weighted by Gasteiger charge is -2.28. The predicted octanol–water partition coefficient (Wildman–Crippen LogP) is 7.40. The minimum absolute atomic E-state index is 0.0304. The topological polar surface area (TPSA) is 236 Å². The summed E-state index contributed by atoms with van der Waals surface area (Å²) in [7, 11) is -9.64. The van der Waals surface area contributed by atoms with Crippen molar-refractivity contribution >= 4 is 78.2 Å². The lowest BCUT2D eigenvalue weighted by molar-refractivity contribution is 0.272. The Bertz CT molecular complexity index is 2810. The Hall–Kier alpha value is -8.30. The van der Waals surface area contributed by atoms with Gasteiger partial charge in [-0.1, -0.05) is 97.1 Å². The average molecular weight is 897 g/mol. The Morgan fingerprint density at radius 2 is 0.781 bits per heavy atom. The molecule has 2 heterocycles. The van der Waals surface area contributed by atoms with E-state index >= 15 is 0 Å². The molecule has 0 saturated carbocycles. The molecule has 6 aromatic carbocycles. The number of benzene rings is 6. The predicted molar refractivity (Wildman–Crippen MR) is 250 cm³/mol. The van der Waals surface area contributed by atoms with Crippen molar-refractivity contribution in [2.45, 2.75) is 9.79 Å². The smallest absolute Gasteiger partial charge is 0.295 e. The zero-order chi connectivity index (χ0) is 44.5.